The zero-order chi connectivity index (χ0) is 16.8. The van der Waals surface area contributed by atoms with Crippen molar-refractivity contribution in [3.63, 3.8) is 0 Å². The molecule has 0 bridgehead atoms. The van der Waals surface area contributed by atoms with E-state index in [4.69, 9.17) is 4.74 Å². The van der Waals surface area contributed by atoms with Crippen molar-refractivity contribution in [3.8, 4) is 0 Å². The fourth-order valence-corrected chi connectivity index (χ4v) is 3.05. The lowest BCUT2D eigenvalue weighted by atomic mass is 9.88. The van der Waals surface area contributed by atoms with Gasteiger partial charge in [0.15, 0.2) is 0 Å². The van der Waals surface area contributed by atoms with Gasteiger partial charge in [-0.1, -0.05) is 13.3 Å². The summed E-state index contributed by atoms with van der Waals surface area (Å²) in [6.07, 6.45) is 0.911. The zero-order valence-corrected chi connectivity index (χ0v) is 13.2. The van der Waals surface area contributed by atoms with E-state index in [0.29, 0.717) is 19.1 Å². The molecule has 0 amide bonds. The van der Waals surface area contributed by atoms with Crippen LogP contribution in [0.2, 0.25) is 0 Å². The monoisotopic (exact) mass is 320 g/mol. The van der Waals surface area contributed by atoms with Gasteiger partial charge in [0.05, 0.1) is 25.1 Å². The largest absolute Gasteiger partial charge is 0.501 e. The molecule has 1 saturated carbocycles. The van der Waals surface area contributed by atoms with Crippen molar-refractivity contribution in [1.29, 1.82) is 0 Å². The molecular weight excluding hydrogens is 294 g/mol. The minimum Gasteiger partial charge on any atom is -0.501 e. The molecule has 0 radical (unpaired) electrons. The second-order valence-electron chi connectivity index (χ2n) is 5.94. The summed E-state index contributed by atoms with van der Waals surface area (Å²) < 4.78 is 32.7. The summed E-state index contributed by atoms with van der Waals surface area (Å²) >= 11 is 0. The zero-order valence-electron chi connectivity index (χ0n) is 13.2. The molecule has 4 nitrogen and oxygen atoms in total. The number of aliphatic hydroxyl groups excluding tert-OH is 2. The molecule has 0 heterocycles. The number of rotatable bonds is 9. The van der Waals surface area contributed by atoms with Crippen LogP contribution in [0.4, 0.5) is 8.78 Å². The summed E-state index contributed by atoms with van der Waals surface area (Å²) in [5.74, 6) is -3.70. The topological polar surface area (TPSA) is 66.8 Å². The fraction of sp³-hybridized carbons (Fsp3) is 0.812. The van der Waals surface area contributed by atoms with Crippen LogP contribution in [0, 0.1) is 11.8 Å². The summed E-state index contributed by atoms with van der Waals surface area (Å²) in [6, 6.07) is 0. The average molecular weight is 320 g/mol. The van der Waals surface area contributed by atoms with Crippen LogP contribution in [0.25, 0.3) is 0 Å². The van der Waals surface area contributed by atoms with Crippen molar-refractivity contribution in [2.45, 2.75) is 63.6 Å². The van der Waals surface area contributed by atoms with E-state index in [1.54, 1.807) is 0 Å². The van der Waals surface area contributed by atoms with Crippen LogP contribution in [0.15, 0.2) is 11.8 Å². The van der Waals surface area contributed by atoms with E-state index in [1.807, 2.05) is 6.92 Å². The first-order chi connectivity index (χ1) is 10.4. The number of methoxy groups -OCH3 is 1. The number of hydrogen-bond donors (Lipinski definition) is 2. The van der Waals surface area contributed by atoms with E-state index >= 15 is 0 Å². The number of halogens is 2. The number of hydrogen-bond acceptors (Lipinski definition) is 4. The molecule has 0 unspecified atom stereocenters. The summed E-state index contributed by atoms with van der Waals surface area (Å²) in [4.78, 5) is 10.7. The standard InChI is InChI=1S/C16H26F2O4/c1-3-4-7-16(17,18)8-5-14(22-2)15-11(6-9-19)12(20)10-13(15)21/h5,9,11-13,15,20-21H,3-4,6-8,10H2,1-2H3/t11-,12-,13+,15+/m0/s1. The number of allylic oxidation sites excluding steroid dienone is 1. The molecule has 1 aliphatic carbocycles. The molecule has 1 fully saturated rings. The predicted molar refractivity (Wildman–Crippen MR) is 78.5 cm³/mol. The number of ether oxygens (including phenoxy) is 1. The molecule has 0 aromatic rings. The highest BCUT2D eigenvalue weighted by Gasteiger charge is 2.44. The maximum atomic E-state index is 13.7. The Labute approximate surface area is 130 Å². The average Bonchev–Trinajstić information content (AvgIpc) is 2.73. The SMILES string of the molecule is CCCCC(F)(F)CC=C(OC)[C@@H]1[C@@H](CC=O)[C@@H](O)C[C@H]1O. The molecule has 6 heteroatoms. The van der Waals surface area contributed by atoms with Gasteiger partial charge in [0, 0.05) is 37.5 Å². The predicted octanol–water partition coefficient (Wildman–Crippen LogP) is 2.68. The smallest absolute Gasteiger partial charge is 0.251 e. The summed E-state index contributed by atoms with van der Waals surface area (Å²) in [5, 5.41) is 19.9. The number of aldehydes is 1. The first kappa shape index (κ1) is 19.0. The van der Waals surface area contributed by atoms with Crippen LogP contribution < -0.4 is 0 Å². The second kappa shape index (κ2) is 8.58. The van der Waals surface area contributed by atoms with Crippen molar-refractivity contribution in [2.75, 3.05) is 7.11 Å². The van der Waals surface area contributed by atoms with Gasteiger partial charge in [-0.25, -0.2) is 8.78 Å². The van der Waals surface area contributed by atoms with Gasteiger partial charge in [-0.2, -0.15) is 0 Å². The normalized spacial score (nSPS) is 29.6. The number of alkyl halides is 2. The Kier molecular flexibility index (Phi) is 7.42. The van der Waals surface area contributed by atoms with E-state index in [0.717, 1.165) is 0 Å². The Hall–Kier alpha value is -1.01. The third-order valence-corrected chi connectivity index (χ3v) is 4.28. The quantitative estimate of drug-likeness (QED) is 0.506. The molecule has 0 saturated heterocycles. The molecule has 0 aromatic heterocycles. The first-order valence-electron chi connectivity index (χ1n) is 7.78. The van der Waals surface area contributed by atoms with Crippen LogP contribution >= 0.6 is 0 Å². The Morgan fingerprint density at radius 3 is 2.59 bits per heavy atom. The van der Waals surface area contributed by atoms with E-state index < -0.39 is 36.4 Å². The first-order valence-corrected chi connectivity index (χ1v) is 7.78. The molecular formula is C16H26F2O4. The van der Waals surface area contributed by atoms with Crippen LogP contribution in [-0.4, -0.2) is 41.7 Å². The molecule has 1 rings (SSSR count). The lowest BCUT2D eigenvalue weighted by Crippen LogP contribution is -2.26. The van der Waals surface area contributed by atoms with Gasteiger partial charge in [0.2, 0.25) is 0 Å². The highest BCUT2D eigenvalue weighted by Crippen LogP contribution is 2.40. The van der Waals surface area contributed by atoms with E-state index in [9.17, 15) is 23.8 Å². The highest BCUT2D eigenvalue weighted by atomic mass is 19.3. The van der Waals surface area contributed by atoms with Crippen molar-refractivity contribution >= 4 is 6.29 Å². The fourth-order valence-electron chi connectivity index (χ4n) is 3.05. The molecule has 2 N–H and O–H groups in total. The number of unbranched alkanes of at least 4 members (excludes halogenated alkanes) is 1. The van der Waals surface area contributed by atoms with Crippen LogP contribution in [0.3, 0.4) is 0 Å². The molecule has 1 aliphatic rings. The van der Waals surface area contributed by atoms with Crippen molar-refractivity contribution in [2.24, 2.45) is 11.8 Å². The molecule has 128 valence electrons. The Balaban J connectivity index is 2.84. The second-order valence-corrected chi connectivity index (χ2v) is 5.94. The number of aliphatic hydroxyl groups is 2. The maximum Gasteiger partial charge on any atom is 0.251 e. The van der Waals surface area contributed by atoms with E-state index in [2.05, 4.69) is 0 Å². The molecule has 22 heavy (non-hydrogen) atoms. The lowest BCUT2D eigenvalue weighted by molar-refractivity contribution is -0.109. The minimum atomic E-state index is -2.82. The molecule has 0 aromatic carbocycles. The third-order valence-electron chi connectivity index (χ3n) is 4.28. The Morgan fingerprint density at radius 2 is 2.05 bits per heavy atom. The highest BCUT2D eigenvalue weighted by molar-refractivity contribution is 5.50. The van der Waals surface area contributed by atoms with Crippen LogP contribution in [-0.2, 0) is 9.53 Å². The van der Waals surface area contributed by atoms with Crippen LogP contribution in [0.5, 0.6) is 0 Å². The summed E-state index contributed by atoms with van der Waals surface area (Å²) in [5.41, 5.74) is 0. The van der Waals surface area contributed by atoms with Gasteiger partial charge in [0.1, 0.15) is 6.29 Å². The summed E-state index contributed by atoms with van der Waals surface area (Å²) in [6.45, 7) is 1.85. The van der Waals surface area contributed by atoms with Gasteiger partial charge in [-0.05, 0) is 12.5 Å². The maximum absolute atomic E-state index is 13.7. The van der Waals surface area contributed by atoms with Gasteiger partial charge in [0.25, 0.3) is 5.92 Å². The molecule has 0 aliphatic heterocycles. The van der Waals surface area contributed by atoms with E-state index in [-0.39, 0.29) is 25.0 Å². The molecule has 0 spiro atoms. The van der Waals surface area contributed by atoms with Gasteiger partial charge in [-0.3, -0.25) is 0 Å². The van der Waals surface area contributed by atoms with Gasteiger partial charge in [-0.15, -0.1) is 0 Å². The van der Waals surface area contributed by atoms with Gasteiger partial charge < -0.3 is 19.7 Å². The third kappa shape index (κ3) is 5.02. The Morgan fingerprint density at radius 1 is 1.36 bits per heavy atom. The van der Waals surface area contributed by atoms with Gasteiger partial charge >= 0.3 is 0 Å². The van der Waals surface area contributed by atoms with E-state index in [1.165, 1.54) is 13.2 Å². The number of carbonyl (C=O) groups is 1. The van der Waals surface area contributed by atoms with Crippen molar-refractivity contribution < 1.29 is 28.5 Å². The van der Waals surface area contributed by atoms with Crippen molar-refractivity contribution in [1.82, 2.24) is 0 Å². The van der Waals surface area contributed by atoms with Crippen LogP contribution in [0.1, 0.15) is 45.4 Å². The minimum absolute atomic E-state index is 0.0653. The molecule has 4 atom stereocenters. The summed E-state index contributed by atoms with van der Waals surface area (Å²) in [7, 11) is 1.35. The Bertz CT molecular complexity index is 384. The lowest BCUT2D eigenvalue weighted by Gasteiger charge is -2.24. The van der Waals surface area contributed by atoms with Crippen molar-refractivity contribution in [3.05, 3.63) is 11.8 Å². The number of carbonyl (C=O) groups excluding carboxylic acids is 1.